The number of hydrogen-bond donors (Lipinski definition) is 2. The van der Waals surface area contributed by atoms with Crippen LogP contribution in [-0.4, -0.2) is 44.9 Å². The third kappa shape index (κ3) is 5.00. The van der Waals surface area contributed by atoms with Crippen molar-refractivity contribution in [2.45, 2.75) is 24.8 Å². The molecule has 0 radical (unpaired) electrons. The van der Waals surface area contributed by atoms with Crippen LogP contribution in [0.25, 0.3) is 0 Å². The summed E-state index contributed by atoms with van der Waals surface area (Å²) in [5.74, 6) is -0.147. The van der Waals surface area contributed by atoms with Gasteiger partial charge in [-0.25, -0.2) is 8.42 Å². The Morgan fingerprint density at radius 1 is 1.19 bits per heavy atom. The van der Waals surface area contributed by atoms with Gasteiger partial charge in [0.25, 0.3) is 15.9 Å². The number of anilines is 1. The topological polar surface area (TPSA) is 78.5 Å². The zero-order valence-electron chi connectivity index (χ0n) is 15.3. The molecule has 1 amide bonds. The van der Waals surface area contributed by atoms with Crippen LogP contribution in [0.1, 0.15) is 22.8 Å². The quantitative estimate of drug-likeness (QED) is 0.813. The number of benzene rings is 2. The third-order valence-corrected chi connectivity index (χ3v) is 5.84. The number of rotatable bonds is 4. The molecule has 1 atom stereocenters. The summed E-state index contributed by atoms with van der Waals surface area (Å²) in [6, 6.07) is 13.4. The first-order valence-electron chi connectivity index (χ1n) is 8.58. The van der Waals surface area contributed by atoms with Crippen LogP contribution >= 0.6 is 12.4 Å². The summed E-state index contributed by atoms with van der Waals surface area (Å²) in [7, 11) is -3.76. The number of carbonyl (C=O) groups excluding carboxylic acids is 1. The van der Waals surface area contributed by atoms with Gasteiger partial charge < -0.3 is 10.2 Å². The summed E-state index contributed by atoms with van der Waals surface area (Å²) in [5.41, 5.74) is 1.92. The van der Waals surface area contributed by atoms with Gasteiger partial charge in [-0.3, -0.25) is 9.52 Å². The molecule has 1 saturated heterocycles. The molecule has 1 heterocycles. The first kappa shape index (κ1) is 21.2. The van der Waals surface area contributed by atoms with Gasteiger partial charge >= 0.3 is 0 Å². The van der Waals surface area contributed by atoms with Gasteiger partial charge in [0.15, 0.2) is 0 Å². The minimum absolute atomic E-state index is 0. The lowest BCUT2D eigenvalue weighted by molar-refractivity contribution is 0.0655. The van der Waals surface area contributed by atoms with Gasteiger partial charge in [0, 0.05) is 36.9 Å². The number of halogens is 1. The lowest BCUT2D eigenvalue weighted by Gasteiger charge is -2.34. The molecule has 0 saturated carbocycles. The van der Waals surface area contributed by atoms with Crippen LogP contribution in [0, 0.1) is 6.92 Å². The molecular formula is C19H24ClN3O3S. The molecule has 0 spiro atoms. The van der Waals surface area contributed by atoms with Crippen molar-refractivity contribution in [1.29, 1.82) is 0 Å². The fraction of sp³-hybridized carbons (Fsp3) is 0.316. The maximum atomic E-state index is 12.8. The summed E-state index contributed by atoms with van der Waals surface area (Å²) in [4.78, 5) is 14.6. The fourth-order valence-corrected chi connectivity index (χ4v) is 4.04. The lowest BCUT2D eigenvalue weighted by Crippen LogP contribution is -2.52. The normalized spacial score (nSPS) is 17.1. The standard InChI is InChI=1S/C19H23N3O3S.ClH/c1-14-6-8-17(9-7-14)21-26(24,25)18-5-3-4-16(12-18)19(23)22-11-10-20-13-15(22)2;/h3-9,12,15,20-21H,10-11,13H2,1-2H3;1H. The Bertz CT molecular complexity index is 901. The Labute approximate surface area is 166 Å². The van der Waals surface area contributed by atoms with E-state index in [9.17, 15) is 13.2 Å². The predicted octanol–water partition coefficient (Wildman–Crippen LogP) is 2.65. The van der Waals surface area contributed by atoms with Crippen molar-refractivity contribution in [3.05, 3.63) is 59.7 Å². The molecule has 0 aliphatic carbocycles. The van der Waals surface area contributed by atoms with Gasteiger partial charge in [-0.15, -0.1) is 12.4 Å². The lowest BCUT2D eigenvalue weighted by atomic mass is 10.1. The average molecular weight is 410 g/mol. The number of nitrogens with zero attached hydrogens (tertiary/aromatic N) is 1. The van der Waals surface area contributed by atoms with E-state index < -0.39 is 10.0 Å². The number of carbonyl (C=O) groups is 1. The summed E-state index contributed by atoms with van der Waals surface area (Å²) in [6.45, 7) is 5.99. The van der Waals surface area contributed by atoms with E-state index in [1.807, 2.05) is 26.0 Å². The van der Waals surface area contributed by atoms with Crippen molar-refractivity contribution >= 4 is 34.0 Å². The maximum Gasteiger partial charge on any atom is 0.261 e. The minimum atomic E-state index is -3.76. The number of amides is 1. The molecule has 2 N–H and O–H groups in total. The van der Waals surface area contributed by atoms with Crippen molar-refractivity contribution in [1.82, 2.24) is 10.2 Å². The molecule has 1 aliphatic heterocycles. The van der Waals surface area contributed by atoms with Crippen LogP contribution in [0.15, 0.2) is 53.4 Å². The van der Waals surface area contributed by atoms with E-state index >= 15 is 0 Å². The number of hydrogen-bond acceptors (Lipinski definition) is 4. The predicted molar refractivity (Wildman–Crippen MR) is 109 cm³/mol. The molecule has 6 nitrogen and oxygen atoms in total. The second-order valence-electron chi connectivity index (χ2n) is 6.55. The first-order chi connectivity index (χ1) is 12.4. The van der Waals surface area contributed by atoms with E-state index in [1.165, 1.54) is 12.1 Å². The van der Waals surface area contributed by atoms with Crippen LogP contribution in [0.4, 0.5) is 5.69 Å². The first-order valence-corrected chi connectivity index (χ1v) is 10.1. The van der Waals surface area contributed by atoms with Crippen LogP contribution in [0.3, 0.4) is 0 Å². The maximum absolute atomic E-state index is 12.8. The van der Waals surface area contributed by atoms with Crippen LogP contribution in [0.2, 0.25) is 0 Å². The molecule has 8 heteroatoms. The highest BCUT2D eigenvalue weighted by atomic mass is 35.5. The van der Waals surface area contributed by atoms with Gasteiger partial charge in [0.1, 0.15) is 0 Å². The van der Waals surface area contributed by atoms with Gasteiger partial charge in [-0.1, -0.05) is 23.8 Å². The molecule has 1 fully saturated rings. The zero-order chi connectivity index (χ0) is 18.7. The average Bonchev–Trinajstić information content (AvgIpc) is 2.63. The summed E-state index contributed by atoms with van der Waals surface area (Å²) < 4.78 is 27.9. The van der Waals surface area contributed by atoms with E-state index in [0.717, 1.165) is 18.7 Å². The van der Waals surface area contributed by atoms with Crippen molar-refractivity contribution in [2.24, 2.45) is 0 Å². The minimum Gasteiger partial charge on any atom is -0.333 e. The van der Waals surface area contributed by atoms with Gasteiger partial charge in [-0.2, -0.15) is 0 Å². The highest BCUT2D eigenvalue weighted by Gasteiger charge is 2.25. The molecule has 3 rings (SSSR count). The summed E-state index contributed by atoms with van der Waals surface area (Å²) in [5, 5.41) is 3.24. The van der Waals surface area contributed by atoms with E-state index in [1.54, 1.807) is 29.2 Å². The van der Waals surface area contributed by atoms with E-state index in [-0.39, 0.29) is 29.3 Å². The second kappa shape index (κ2) is 8.73. The monoisotopic (exact) mass is 409 g/mol. The summed E-state index contributed by atoms with van der Waals surface area (Å²) >= 11 is 0. The Morgan fingerprint density at radius 2 is 1.89 bits per heavy atom. The van der Waals surface area contributed by atoms with Crippen molar-refractivity contribution in [3.8, 4) is 0 Å². The van der Waals surface area contributed by atoms with Crippen LogP contribution in [0.5, 0.6) is 0 Å². The molecule has 0 aromatic heterocycles. The summed E-state index contributed by atoms with van der Waals surface area (Å²) in [6.07, 6.45) is 0. The molecule has 1 unspecified atom stereocenters. The van der Waals surface area contributed by atoms with E-state index in [4.69, 9.17) is 0 Å². The Balaban J connectivity index is 0.00000261. The fourth-order valence-electron chi connectivity index (χ4n) is 2.94. The molecule has 0 bridgehead atoms. The number of piperazine rings is 1. The Morgan fingerprint density at radius 3 is 2.56 bits per heavy atom. The van der Waals surface area contributed by atoms with Crippen molar-refractivity contribution < 1.29 is 13.2 Å². The second-order valence-corrected chi connectivity index (χ2v) is 8.23. The van der Waals surface area contributed by atoms with Crippen LogP contribution in [-0.2, 0) is 10.0 Å². The van der Waals surface area contributed by atoms with Gasteiger partial charge in [-0.05, 0) is 44.2 Å². The van der Waals surface area contributed by atoms with Crippen LogP contribution < -0.4 is 10.0 Å². The number of aryl methyl sites for hydroxylation is 1. The van der Waals surface area contributed by atoms with Crippen molar-refractivity contribution in [2.75, 3.05) is 24.4 Å². The molecular weight excluding hydrogens is 386 g/mol. The number of nitrogens with one attached hydrogen (secondary N) is 2. The highest BCUT2D eigenvalue weighted by molar-refractivity contribution is 7.92. The zero-order valence-corrected chi connectivity index (χ0v) is 16.9. The smallest absolute Gasteiger partial charge is 0.261 e. The Kier molecular flexibility index (Phi) is 6.86. The molecule has 27 heavy (non-hydrogen) atoms. The number of sulfonamides is 1. The molecule has 146 valence electrons. The largest absolute Gasteiger partial charge is 0.333 e. The third-order valence-electron chi connectivity index (χ3n) is 4.46. The van der Waals surface area contributed by atoms with Crippen molar-refractivity contribution in [3.63, 3.8) is 0 Å². The molecule has 2 aromatic carbocycles. The van der Waals surface area contributed by atoms with E-state index in [2.05, 4.69) is 10.0 Å². The van der Waals surface area contributed by atoms with Gasteiger partial charge in [0.05, 0.1) is 4.90 Å². The van der Waals surface area contributed by atoms with E-state index in [0.29, 0.717) is 17.8 Å². The molecule has 2 aromatic rings. The Hall–Kier alpha value is -2.09. The SMILES string of the molecule is Cc1ccc(NS(=O)(=O)c2cccc(C(=O)N3CCNCC3C)c2)cc1.Cl. The molecule has 1 aliphatic rings. The highest BCUT2D eigenvalue weighted by Crippen LogP contribution is 2.19. The van der Waals surface area contributed by atoms with Gasteiger partial charge in [0.2, 0.25) is 0 Å².